The summed E-state index contributed by atoms with van der Waals surface area (Å²) in [5.74, 6) is -0.0749. The van der Waals surface area contributed by atoms with Crippen molar-refractivity contribution in [1.82, 2.24) is 15.1 Å². The molecule has 1 aromatic carbocycles. The van der Waals surface area contributed by atoms with Crippen LogP contribution in [0.3, 0.4) is 0 Å². The highest BCUT2D eigenvalue weighted by molar-refractivity contribution is 7.24. The van der Waals surface area contributed by atoms with E-state index in [9.17, 15) is 14.9 Å². The van der Waals surface area contributed by atoms with Gasteiger partial charge in [-0.1, -0.05) is 46.4 Å². The molecule has 144 valence electrons. The summed E-state index contributed by atoms with van der Waals surface area (Å²) in [5, 5.41) is 21.2. The fourth-order valence-electron chi connectivity index (χ4n) is 2.89. The molecule has 1 aliphatic heterocycles. The Hall–Kier alpha value is -2.56. The lowest BCUT2D eigenvalue weighted by atomic mass is 10.2. The van der Waals surface area contributed by atoms with Gasteiger partial charge < -0.3 is 9.80 Å². The summed E-state index contributed by atoms with van der Waals surface area (Å²) in [7, 11) is 0. The molecule has 0 atom stereocenters. The highest BCUT2D eigenvalue weighted by atomic mass is 35.5. The summed E-state index contributed by atoms with van der Waals surface area (Å²) in [6.45, 7) is 2.39. The zero-order valence-corrected chi connectivity index (χ0v) is 16.8. The molecule has 0 bridgehead atoms. The van der Waals surface area contributed by atoms with Gasteiger partial charge >= 0.3 is 5.00 Å². The van der Waals surface area contributed by atoms with Crippen LogP contribution in [0.2, 0.25) is 5.02 Å². The number of anilines is 1. The minimum atomic E-state index is -0.411. The van der Waals surface area contributed by atoms with Crippen LogP contribution < -0.4 is 4.90 Å². The molecule has 0 spiro atoms. The lowest BCUT2D eigenvalue weighted by Crippen LogP contribution is -2.48. The second-order valence-electron chi connectivity index (χ2n) is 6.04. The van der Waals surface area contributed by atoms with Crippen LogP contribution in [0.15, 0.2) is 36.4 Å². The number of piperazine rings is 1. The van der Waals surface area contributed by atoms with Gasteiger partial charge in [0.2, 0.25) is 5.13 Å². The van der Waals surface area contributed by atoms with Crippen molar-refractivity contribution < 1.29 is 9.72 Å². The molecule has 0 unspecified atom stereocenters. The number of halogens is 1. The predicted molar refractivity (Wildman–Crippen MR) is 109 cm³/mol. The number of nitrogens with zero attached hydrogens (tertiary/aromatic N) is 5. The molecule has 8 nitrogen and oxygen atoms in total. The van der Waals surface area contributed by atoms with Crippen molar-refractivity contribution in [2.75, 3.05) is 31.1 Å². The van der Waals surface area contributed by atoms with Gasteiger partial charge in [0, 0.05) is 32.2 Å². The van der Waals surface area contributed by atoms with E-state index in [1.54, 1.807) is 35.2 Å². The summed E-state index contributed by atoms with van der Waals surface area (Å²) in [6, 6.07) is 10.2. The van der Waals surface area contributed by atoms with Crippen LogP contribution in [-0.4, -0.2) is 52.1 Å². The monoisotopic (exact) mass is 435 g/mol. The van der Waals surface area contributed by atoms with Gasteiger partial charge in [0.15, 0.2) is 5.01 Å². The topological polar surface area (TPSA) is 92.5 Å². The molecule has 1 saturated heterocycles. The summed E-state index contributed by atoms with van der Waals surface area (Å²) in [6.07, 6.45) is 0. The number of carbonyl (C=O) groups is 1. The Labute approximate surface area is 173 Å². The molecule has 28 heavy (non-hydrogen) atoms. The third-order valence-electron chi connectivity index (χ3n) is 4.34. The summed E-state index contributed by atoms with van der Waals surface area (Å²) < 4.78 is 0. The van der Waals surface area contributed by atoms with E-state index >= 15 is 0 Å². The highest BCUT2D eigenvalue weighted by Crippen LogP contribution is 2.36. The van der Waals surface area contributed by atoms with Crippen molar-refractivity contribution in [3.63, 3.8) is 0 Å². The van der Waals surface area contributed by atoms with E-state index in [2.05, 4.69) is 15.1 Å². The predicted octanol–water partition coefficient (Wildman–Crippen LogP) is 3.79. The van der Waals surface area contributed by atoms with E-state index in [1.807, 2.05) is 0 Å². The number of amides is 1. The van der Waals surface area contributed by atoms with E-state index in [-0.39, 0.29) is 10.9 Å². The number of thiophene rings is 1. The van der Waals surface area contributed by atoms with Crippen LogP contribution in [0.4, 0.5) is 10.1 Å². The minimum absolute atomic E-state index is 0.0749. The molecule has 1 amide bonds. The third kappa shape index (κ3) is 3.71. The first-order valence-corrected chi connectivity index (χ1v) is 10.4. The first-order chi connectivity index (χ1) is 13.5. The van der Waals surface area contributed by atoms with Gasteiger partial charge in [-0.15, -0.1) is 10.2 Å². The van der Waals surface area contributed by atoms with Crippen molar-refractivity contribution >= 4 is 50.3 Å². The Morgan fingerprint density at radius 2 is 1.82 bits per heavy atom. The van der Waals surface area contributed by atoms with Crippen molar-refractivity contribution in [2.24, 2.45) is 0 Å². The number of aromatic nitrogens is 2. The van der Waals surface area contributed by atoms with Gasteiger partial charge in [0.25, 0.3) is 5.91 Å². The van der Waals surface area contributed by atoms with E-state index in [0.717, 1.165) is 21.3 Å². The maximum absolute atomic E-state index is 12.7. The SMILES string of the molecule is O=C(c1ccccc1Cl)N1CCN(c2nnc(-c3ccc([N+](=O)[O-])s3)s2)CC1. The van der Waals surface area contributed by atoms with Gasteiger partial charge in [-0.2, -0.15) is 0 Å². The Balaban J connectivity index is 1.41. The van der Waals surface area contributed by atoms with Crippen LogP contribution in [-0.2, 0) is 0 Å². The van der Waals surface area contributed by atoms with Gasteiger partial charge in [-0.25, -0.2) is 0 Å². The quantitative estimate of drug-likeness (QED) is 0.457. The molecular weight excluding hydrogens is 422 g/mol. The molecule has 4 rings (SSSR count). The van der Waals surface area contributed by atoms with Gasteiger partial charge in [-0.3, -0.25) is 14.9 Å². The van der Waals surface area contributed by atoms with Crippen molar-refractivity contribution in [3.05, 3.63) is 57.1 Å². The van der Waals surface area contributed by atoms with Gasteiger partial charge in [-0.05, 0) is 18.2 Å². The fraction of sp³-hybridized carbons (Fsp3) is 0.235. The lowest BCUT2D eigenvalue weighted by Gasteiger charge is -2.34. The van der Waals surface area contributed by atoms with Crippen LogP contribution in [0.5, 0.6) is 0 Å². The zero-order chi connectivity index (χ0) is 19.7. The van der Waals surface area contributed by atoms with Gasteiger partial charge in [0.05, 0.1) is 20.4 Å². The Morgan fingerprint density at radius 3 is 2.50 bits per heavy atom. The zero-order valence-electron chi connectivity index (χ0n) is 14.4. The fourth-order valence-corrected chi connectivity index (χ4v) is 4.87. The summed E-state index contributed by atoms with van der Waals surface area (Å²) >= 11 is 8.60. The Morgan fingerprint density at radius 1 is 1.07 bits per heavy atom. The van der Waals surface area contributed by atoms with Crippen LogP contribution in [0, 0.1) is 10.1 Å². The first-order valence-electron chi connectivity index (χ1n) is 8.40. The van der Waals surface area contributed by atoms with Crippen molar-refractivity contribution in [3.8, 4) is 9.88 Å². The molecule has 1 aliphatic rings. The molecular formula is C17H14ClN5O3S2. The number of nitro groups is 1. The van der Waals surface area contributed by atoms with Crippen molar-refractivity contribution in [2.45, 2.75) is 0 Å². The molecule has 0 radical (unpaired) electrons. The maximum Gasteiger partial charge on any atom is 0.324 e. The highest BCUT2D eigenvalue weighted by Gasteiger charge is 2.25. The number of carbonyl (C=O) groups excluding carboxylic acids is 1. The molecule has 0 N–H and O–H groups in total. The molecule has 0 saturated carbocycles. The Bertz CT molecular complexity index is 1030. The van der Waals surface area contributed by atoms with Crippen LogP contribution in [0.25, 0.3) is 9.88 Å². The summed E-state index contributed by atoms with van der Waals surface area (Å²) in [5.41, 5.74) is 0.509. The molecule has 1 fully saturated rings. The van der Waals surface area contributed by atoms with E-state index in [1.165, 1.54) is 17.4 Å². The second kappa shape index (κ2) is 7.82. The number of rotatable bonds is 4. The standard InChI is InChI=1S/C17H14ClN5O3S2/c18-12-4-2-1-3-11(12)16(24)21-7-9-22(10-8-21)17-20-19-15(28-17)13-5-6-14(27-13)23(25)26/h1-6H,7-10H2. The van der Waals surface area contributed by atoms with E-state index < -0.39 is 4.92 Å². The van der Waals surface area contributed by atoms with E-state index in [4.69, 9.17) is 11.6 Å². The van der Waals surface area contributed by atoms with E-state index in [0.29, 0.717) is 41.8 Å². The normalized spacial score (nSPS) is 14.3. The second-order valence-corrected chi connectivity index (χ2v) is 8.47. The number of hydrogen-bond donors (Lipinski definition) is 0. The number of hydrogen-bond acceptors (Lipinski definition) is 8. The Kier molecular flexibility index (Phi) is 5.25. The molecule has 0 aliphatic carbocycles. The minimum Gasteiger partial charge on any atom is -0.343 e. The largest absolute Gasteiger partial charge is 0.343 e. The molecule has 3 heterocycles. The average Bonchev–Trinajstić information content (AvgIpc) is 3.38. The summed E-state index contributed by atoms with van der Waals surface area (Å²) in [4.78, 5) is 27.7. The van der Waals surface area contributed by atoms with Gasteiger partial charge in [0.1, 0.15) is 0 Å². The third-order valence-corrected chi connectivity index (χ3v) is 6.86. The maximum atomic E-state index is 12.7. The molecule has 2 aromatic heterocycles. The van der Waals surface area contributed by atoms with Crippen molar-refractivity contribution in [1.29, 1.82) is 0 Å². The smallest absolute Gasteiger partial charge is 0.324 e. The van der Waals surface area contributed by atoms with Crippen LogP contribution in [0.1, 0.15) is 10.4 Å². The first kappa shape index (κ1) is 18.8. The molecule has 3 aromatic rings. The van der Waals surface area contributed by atoms with Crippen LogP contribution >= 0.6 is 34.3 Å². The lowest BCUT2D eigenvalue weighted by molar-refractivity contribution is -0.380. The average molecular weight is 436 g/mol. The molecule has 11 heteroatoms. The number of benzene rings is 1.